The first kappa shape index (κ1) is 14.7. The number of nitrogens with zero attached hydrogens (tertiary/aromatic N) is 3. The molecule has 2 heterocycles. The van der Waals surface area contributed by atoms with Gasteiger partial charge in [-0.1, -0.05) is 6.07 Å². The Bertz CT molecular complexity index is 519. The lowest BCUT2D eigenvalue weighted by molar-refractivity contribution is -0.133. The van der Waals surface area contributed by atoms with E-state index < -0.39 is 0 Å². The zero-order chi connectivity index (χ0) is 14.5. The van der Waals surface area contributed by atoms with Gasteiger partial charge in [-0.2, -0.15) is 0 Å². The van der Waals surface area contributed by atoms with Gasteiger partial charge in [-0.05, 0) is 13.0 Å². The number of aromatic nitrogens is 1. The molecule has 0 spiro atoms. The molecule has 0 unspecified atom stereocenters. The maximum Gasteiger partial charge on any atom is 0.253 e. The molecule has 2 rings (SSSR count). The number of carbonyl (C=O) groups is 1. The van der Waals surface area contributed by atoms with E-state index >= 15 is 0 Å². The zero-order valence-corrected chi connectivity index (χ0v) is 11.8. The van der Waals surface area contributed by atoms with Crippen molar-refractivity contribution in [3.8, 4) is 0 Å². The lowest BCUT2D eigenvalue weighted by Crippen LogP contribution is -2.50. The monoisotopic (exact) mass is 279 g/mol. The van der Waals surface area contributed by atoms with Gasteiger partial charge in [-0.25, -0.2) is 0 Å². The fraction of sp³-hybridized carbons (Fsp3) is 0.571. The topological polar surface area (TPSA) is 65.8 Å². The third-order valence-corrected chi connectivity index (χ3v) is 3.66. The van der Waals surface area contributed by atoms with Crippen LogP contribution < -0.4 is 5.56 Å². The SMILES string of the molecule is Cc1cccn(CC(=O)N2CCN(CCO)CC2)c1=O. The molecule has 1 aromatic rings. The summed E-state index contributed by atoms with van der Waals surface area (Å²) in [5, 5.41) is 8.88. The molecule has 0 aliphatic carbocycles. The van der Waals surface area contributed by atoms with Gasteiger partial charge < -0.3 is 14.6 Å². The summed E-state index contributed by atoms with van der Waals surface area (Å²) in [5.41, 5.74) is 0.535. The Morgan fingerprint density at radius 3 is 2.65 bits per heavy atom. The second-order valence-electron chi connectivity index (χ2n) is 5.07. The quantitative estimate of drug-likeness (QED) is 0.791. The average Bonchev–Trinajstić information content (AvgIpc) is 2.45. The van der Waals surface area contributed by atoms with Crippen LogP contribution in [-0.2, 0) is 11.3 Å². The van der Waals surface area contributed by atoms with E-state index in [1.165, 1.54) is 4.57 Å². The van der Waals surface area contributed by atoms with Crippen LogP contribution in [0.2, 0.25) is 0 Å². The van der Waals surface area contributed by atoms with Crippen molar-refractivity contribution in [2.45, 2.75) is 13.5 Å². The molecule has 0 atom stereocenters. The molecular weight excluding hydrogens is 258 g/mol. The van der Waals surface area contributed by atoms with Crippen LogP contribution in [0.1, 0.15) is 5.56 Å². The Morgan fingerprint density at radius 2 is 2.00 bits per heavy atom. The Kier molecular flexibility index (Phi) is 4.92. The van der Waals surface area contributed by atoms with E-state index in [2.05, 4.69) is 4.90 Å². The molecule has 1 saturated heterocycles. The molecule has 6 nitrogen and oxygen atoms in total. The number of pyridine rings is 1. The largest absolute Gasteiger partial charge is 0.395 e. The highest BCUT2D eigenvalue weighted by atomic mass is 16.3. The van der Waals surface area contributed by atoms with Gasteiger partial charge >= 0.3 is 0 Å². The molecular formula is C14H21N3O3. The number of carbonyl (C=O) groups excluding carboxylic acids is 1. The van der Waals surface area contributed by atoms with Gasteiger partial charge in [0.1, 0.15) is 6.54 Å². The minimum atomic E-state index is -0.111. The molecule has 1 aromatic heterocycles. The first-order valence-corrected chi connectivity index (χ1v) is 6.89. The summed E-state index contributed by atoms with van der Waals surface area (Å²) in [6.07, 6.45) is 1.65. The van der Waals surface area contributed by atoms with Crippen molar-refractivity contribution in [1.29, 1.82) is 0 Å². The Hall–Kier alpha value is -1.66. The molecule has 1 N–H and O–H groups in total. The van der Waals surface area contributed by atoms with Gasteiger partial charge in [0.25, 0.3) is 5.56 Å². The number of β-amino-alcohol motifs (C(OH)–C–C–N with tert-alkyl or cyclic N) is 1. The fourth-order valence-corrected chi connectivity index (χ4v) is 2.39. The van der Waals surface area contributed by atoms with E-state index in [0.717, 1.165) is 13.1 Å². The third-order valence-electron chi connectivity index (χ3n) is 3.66. The summed E-state index contributed by atoms with van der Waals surface area (Å²) in [6, 6.07) is 3.53. The zero-order valence-electron chi connectivity index (χ0n) is 11.8. The number of aliphatic hydroxyl groups excluding tert-OH is 1. The number of rotatable bonds is 4. The minimum Gasteiger partial charge on any atom is -0.395 e. The number of hydrogen-bond donors (Lipinski definition) is 1. The van der Waals surface area contributed by atoms with Crippen LogP contribution in [-0.4, -0.2) is 64.7 Å². The maximum absolute atomic E-state index is 12.2. The highest BCUT2D eigenvalue weighted by molar-refractivity contribution is 5.76. The lowest BCUT2D eigenvalue weighted by atomic mass is 10.3. The average molecular weight is 279 g/mol. The van der Waals surface area contributed by atoms with Gasteiger partial charge in [-0.3, -0.25) is 14.5 Å². The molecule has 110 valence electrons. The Labute approximate surface area is 118 Å². The second-order valence-corrected chi connectivity index (χ2v) is 5.07. The van der Waals surface area contributed by atoms with Gasteiger partial charge in [0.15, 0.2) is 0 Å². The van der Waals surface area contributed by atoms with Crippen molar-refractivity contribution in [2.24, 2.45) is 0 Å². The third kappa shape index (κ3) is 3.46. The summed E-state index contributed by atoms with van der Waals surface area (Å²) in [7, 11) is 0. The van der Waals surface area contributed by atoms with Crippen molar-refractivity contribution in [3.63, 3.8) is 0 Å². The van der Waals surface area contributed by atoms with Crippen molar-refractivity contribution < 1.29 is 9.90 Å². The molecule has 6 heteroatoms. The van der Waals surface area contributed by atoms with E-state index in [1.807, 2.05) is 0 Å². The van der Waals surface area contributed by atoms with Crippen LogP contribution in [0.3, 0.4) is 0 Å². The summed E-state index contributed by atoms with van der Waals surface area (Å²) in [6.45, 7) is 5.49. The Balaban J connectivity index is 1.93. The van der Waals surface area contributed by atoms with Crippen molar-refractivity contribution in [1.82, 2.24) is 14.4 Å². The van der Waals surface area contributed by atoms with Crippen LogP contribution in [0.15, 0.2) is 23.1 Å². The van der Waals surface area contributed by atoms with E-state index in [1.54, 1.807) is 30.2 Å². The highest BCUT2D eigenvalue weighted by Gasteiger charge is 2.20. The normalized spacial score (nSPS) is 16.4. The fourth-order valence-electron chi connectivity index (χ4n) is 2.39. The predicted octanol–water partition coefficient (Wildman–Crippen LogP) is -0.707. The van der Waals surface area contributed by atoms with E-state index in [4.69, 9.17) is 5.11 Å². The first-order chi connectivity index (χ1) is 9.61. The lowest BCUT2D eigenvalue weighted by Gasteiger charge is -2.34. The number of aryl methyl sites for hydroxylation is 1. The molecule has 1 amide bonds. The maximum atomic E-state index is 12.2. The van der Waals surface area contributed by atoms with Gasteiger partial charge in [-0.15, -0.1) is 0 Å². The second kappa shape index (κ2) is 6.67. The number of aliphatic hydroxyl groups is 1. The van der Waals surface area contributed by atoms with Gasteiger partial charge in [0, 0.05) is 44.5 Å². The van der Waals surface area contributed by atoms with Crippen molar-refractivity contribution >= 4 is 5.91 Å². The van der Waals surface area contributed by atoms with Crippen LogP contribution in [0, 0.1) is 6.92 Å². The molecule has 0 saturated carbocycles. The van der Waals surface area contributed by atoms with Crippen molar-refractivity contribution in [2.75, 3.05) is 39.3 Å². The van der Waals surface area contributed by atoms with Gasteiger partial charge in [0.05, 0.1) is 6.61 Å². The van der Waals surface area contributed by atoms with Crippen molar-refractivity contribution in [3.05, 3.63) is 34.2 Å². The summed E-state index contributed by atoms with van der Waals surface area (Å²) < 4.78 is 1.46. The first-order valence-electron chi connectivity index (χ1n) is 6.89. The molecule has 0 radical (unpaired) electrons. The Morgan fingerprint density at radius 1 is 1.30 bits per heavy atom. The smallest absolute Gasteiger partial charge is 0.253 e. The molecule has 1 aliphatic rings. The standard InChI is InChI=1S/C14H21N3O3/c1-12-3-2-4-17(14(12)20)11-13(19)16-7-5-15(6-8-16)9-10-18/h2-4,18H,5-11H2,1H3. The molecule has 1 fully saturated rings. The van der Waals surface area contributed by atoms with Crippen LogP contribution >= 0.6 is 0 Å². The van der Waals surface area contributed by atoms with Crippen LogP contribution in [0.4, 0.5) is 0 Å². The molecule has 1 aliphatic heterocycles. The molecule has 20 heavy (non-hydrogen) atoms. The summed E-state index contributed by atoms with van der Waals surface area (Å²) in [5.74, 6) is -0.0265. The highest BCUT2D eigenvalue weighted by Crippen LogP contribution is 2.02. The number of piperazine rings is 1. The summed E-state index contributed by atoms with van der Waals surface area (Å²) >= 11 is 0. The van der Waals surface area contributed by atoms with Crippen LogP contribution in [0.5, 0.6) is 0 Å². The molecule has 0 aromatic carbocycles. The van der Waals surface area contributed by atoms with E-state index in [9.17, 15) is 9.59 Å². The van der Waals surface area contributed by atoms with E-state index in [-0.39, 0.29) is 24.6 Å². The summed E-state index contributed by atoms with van der Waals surface area (Å²) in [4.78, 5) is 28.0. The number of amides is 1. The predicted molar refractivity (Wildman–Crippen MR) is 75.5 cm³/mol. The molecule has 0 bridgehead atoms. The minimum absolute atomic E-state index is 0.0265. The number of hydrogen-bond acceptors (Lipinski definition) is 4. The van der Waals surface area contributed by atoms with Crippen LogP contribution in [0.25, 0.3) is 0 Å². The van der Waals surface area contributed by atoms with Gasteiger partial charge in [0.2, 0.25) is 5.91 Å². The van der Waals surface area contributed by atoms with E-state index in [0.29, 0.717) is 25.2 Å².